The zero-order valence-electron chi connectivity index (χ0n) is 10.8. The van der Waals surface area contributed by atoms with Gasteiger partial charge in [0.05, 0.1) is 0 Å². The summed E-state index contributed by atoms with van der Waals surface area (Å²) < 4.78 is 0. The van der Waals surface area contributed by atoms with Crippen LogP contribution in [0.3, 0.4) is 0 Å². The Morgan fingerprint density at radius 2 is 1.94 bits per heavy atom. The van der Waals surface area contributed by atoms with E-state index in [9.17, 15) is 0 Å². The van der Waals surface area contributed by atoms with Crippen molar-refractivity contribution in [3.8, 4) is 0 Å². The van der Waals surface area contributed by atoms with Gasteiger partial charge in [-0.05, 0) is 47.6 Å². The summed E-state index contributed by atoms with van der Waals surface area (Å²) in [4.78, 5) is 3.58. The number of benzene rings is 1. The minimum absolute atomic E-state index is 0.594. The van der Waals surface area contributed by atoms with Gasteiger partial charge in [0.1, 0.15) is 0 Å². The largest absolute Gasteiger partial charge is 0.358 e. The molecule has 1 aliphatic heterocycles. The molecule has 0 amide bonds. The number of fused-ring (bicyclic) bond motifs is 1. The average Bonchev–Trinajstić information content (AvgIpc) is 2.55. The fraction of sp³-hybridized carbons (Fsp3) is 0.467. The Balaban J connectivity index is 2.09. The second-order valence-electron chi connectivity index (χ2n) is 5.53. The standard InChI is InChI=1S/C15H20N2/c1-9(2)13-6-15-11(4-10(13)3)5-14(17-15)12-7-16-8-12/h4-6,9,12,16-17H,7-8H2,1-3H3. The van der Waals surface area contributed by atoms with Gasteiger partial charge in [0.15, 0.2) is 0 Å². The Morgan fingerprint density at radius 1 is 1.18 bits per heavy atom. The maximum atomic E-state index is 3.58. The first-order valence-corrected chi connectivity index (χ1v) is 6.49. The van der Waals surface area contributed by atoms with Crippen LogP contribution >= 0.6 is 0 Å². The summed E-state index contributed by atoms with van der Waals surface area (Å²) in [6, 6.07) is 6.96. The highest BCUT2D eigenvalue weighted by molar-refractivity contribution is 5.82. The molecule has 2 heterocycles. The molecule has 0 saturated carbocycles. The van der Waals surface area contributed by atoms with E-state index in [4.69, 9.17) is 0 Å². The Labute approximate surface area is 102 Å². The highest BCUT2D eigenvalue weighted by Crippen LogP contribution is 2.28. The van der Waals surface area contributed by atoms with Crippen LogP contribution in [-0.2, 0) is 0 Å². The lowest BCUT2D eigenvalue weighted by Gasteiger charge is -2.25. The van der Waals surface area contributed by atoms with Crippen LogP contribution in [0.5, 0.6) is 0 Å². The topological polar surface area (TPSA) is 27.8 Å². The summed E-state index contributed by atoms with van der Waals surface area (Å²) >= 11 is 0. The van der Waals surface area contributed by atoms with Crippen molar-refractivity contribution in [3.05, 3.63) is 35.0 Å². The van der Waals surface area contributed by atoms with E-state index >= 15 is 0 Å². The predicted octanol–water partition coefficient (Wildman–Crippen LogP) is 3.29. The second-order valence-corrected chi connectivity index (χ2v) is 5.53. The smallest absolute Gasteiger partial charge is 0.0459 e. The zero-order chi connectivity index (χ0) is 12.0. The first-order valence-electron chi connectivity index (χ1n) is 6.49. The minimum atomic E-state index is 0.594. The van der Waals surface area contributed by atoms with Crippen molar-refractivity contribution in [1.29, 1.82) is 0 Å². The Hall–Kier alpha value is -1.28. The fourth-order valence-electron chi connectivity index (χ4n) is 2.68. The number of H-pyrrole nitrogens is 1. The molecule has 1 saturated heterocycles. The SMILES string of the molecule is Cc1cc2cc(C3CNC3)[nH]c2cc1C(C)C. The second kappa shape index (κ2) is 3.88. The molecule has 0 spiro atoms. The van der Waals surface area contributed by atoms with Gasteiger partial charge in [-0.15, -0.1) is 0 Å². The Bertz CT molecular complexity index is 547. The summed E-state index contributed by atoms with van der Waals surface area (Å²) in [6.07, 6.45) is 0. The molecule has 3 rings (SSSR count). The van der Waals surface area contributed by atoms with Crippen LogP contribution < -0.4 is 5.32 Å². The van der Waals surface area contributed by atoms with E-state index in [1.54, 1.807) is 0 Å². The normalized spacial score (nSPS) is 16.7. The maximum Gasteiger partial charge on any atom is 0.0459 e. The third-order valence-corrected chi connectivity index (χ3v) is 3.87. The third kappa shape index (κ3) is 1.77. The number of rotatable bonds is 2. The number of nitrogens with one attached hydrogen (secondary N) is 2. The van der Waals surface area contributed by atoms with Gasteiger partial charge in [-0.3, -0.25) is 0 Å². The monoisotopic (exact) mass is 228 g/mol. The molecular formula is C15H20N2. The van der Waals surface area contributed by atoms with Crippen LogP contribution in [0, 0.1) is 6.92 Å². The molecular weight excluding hydrogens is 208 g/mol. The van der Waals surface area contributed by atoms with E-state index in [2.05, 4.69) is 49.3 Å². The molecule has 1 aromatic carbocycles. The van der Waals surface area contributed by atoms with Crippen molar-refractivity contribution in [3.63, 3.8) is 0 Å². The third-order valence-electron chi connectivity index (χ3n) is 3.87. The van der Waals surface area contributed by atoms with Gasteiger partial charge in [0.2, 0.25) is 0 Å². The highest BCUT2D eigenvalue weighted by Gasteiger charge is 2.20. The van der Waals surface area contributed by atoms with E-state index in [0.29, 0.717) is 11.8 Å². The molecule has 0 aliphatic carbocycles. The van der Waals surface area contributed by atoms with Crippen LogP contribution in [0.25, 0.3) is 10.9 Å². The predicted molar refractivity (Wildman–Crippen MR) is 72.7 cm³/mol. The van der Waals surface area contributed by atoms with Crippen molar-refractivity contribution >= 4 is 10.9 Å². The van der Waals surface area contributed by atoms with Gasteiger partial charge in [-0.25, -0.2) is 0 Å². The minimum Gasteiger partial charge on any atom is -0.358 e. The number of aryl methyl sites for hydroxylation is 1. The molecule has 1 fully saturated rings. The maximum absolute atomic E-state index is 3.58. The quantitative estimate of drug-likeness (QED) is 0.811. The van der Waals surface area contributed by atoms with Crippen molar-refractivity contribution in [1.82, 2.24) is 10.3 Å². The van der Waals surface area contributed by atoms with Gasteiger partial charge in [0, 0.05) is 30.2 Å². The van der Waals surface area contributed by atoms with Gasteiger partial charge in [0.25, 0.3) is 0 Å². The van der Waals surface area contributed by atoms with Gasteiger partial charge in [-0.1, -0.05) is 13.8 Å². The van der Waals surface area contributed by atoms with Crippen LogP contribution in [-0.4, -0.2) is 18.1 Å². The first-order chi connectivity index (χ1) is 8.15. The molecule has 0 unspecified atom stereocenters. The highest BCUT2D eigenvalue weighted by atomic mass is 15.0. The van der Waals surface area contributed by atoms with Crippen molar-refractivity contribution in [2.75, 3.05) is 13.1 Å². The van der Waals surface area contributed by atoms with Gasteiger partial charge < -0.3 is 10.3 Å². The molecule has 90 valence electrons. The zero-order valence-corrected chi connectivity index (χ0v) is 10.8. The van der Waals surface area contributed by atoms with E-state index in [0.717, 1.165) is 13.1 Å². The van der Waals surface area contributed by atoms with Gasteiger partial charge >= 0.3 is 0 Å². The number of aromatic amines is 1. The van der Waals surface area contributed by atoms with Crippen molar-refractivity contribution < 1.29 is 0 Å². The van der Waals surface area contributed by atoms with E-state index in [-0.39, 0.29) is 0 Å². The molecule has 2 nitrogen and oxygen atoms in total. The molecule has 0 atom stereocenters. The number of aromatic nitrogens is 1. The average molecular weight is 228 g/mol. The van der Waals surface area contributed by atoms with Crippen molar-refractivity contribution in [2.24, 2.45) is 0 Å². The molecule has 0 bridgehead atoms. The lowest BCUT2D eigenvalue weighted by Crippen LogP contribution is -2.40. The van der Waals surface area contributed by atoms with Gasteiger partial charge in [-0.2, -0.15) is 0 Å². The number of hydrogen-bond acceptors (Lipinski definition) is 1. The van der Waals surface area contributed by atoms with Crippen LogP contribution in [0.15, 0.2) is 18.2 Å². The summed E-state index contributed by atoms with van der Waals surface area (Å²) in [5.41, 5.74) is 5.54. The molecule has 1 aliphatic rings. The molecule has 2 N–H and O–H groups in total. The fourth-order valence-corrected chi connectivity index (χ4v) is 2.68. The lowest BCUT2D eigenvalue weighted by molar-refractivity contribution is 0.442. The van der Waals surface area contributed by atoms with Crippen LogP contribution in [0.1, 0.15) is 42.5 Å². The Morgan fingerprint density at radius 3 is 2.53 bits per heavy atom. The van der Waals surface area contributed by atoms with E-state index < -0.39 is 0 Å². The number of hydrogen-bond donors (Lipinski definition) is 2. The summed E-state index contributed by atoms with van der Waals surface area (Å²) in [5.74, 6) is 1.28. The van der Waals surface area contributed by atoms with E-state index in [1.165, 1.54) is 27.7 Å². The lowest BCUT2D eigenvalue weighted by atomic mass is 9.96. The van der Waals surface area contributed by atoms with Crippen LogP contribution in [0.4, 0.5) is 0 Å². The summed E-state index contributed by atoms with van der Waals surface area (Å²) in [6.45, 7) is 8.96. The molecule has 0 radical (unpaired) electrons. The molecule has 2 aromatic rings. The van der Waals surface area contributed by atoms with Crippen LogP contribution in [0.2, 0.25) is 0 Å². The van der Waals surface area contributed by atoms with Crippen molar-refractivity contribution in [2.45, 2.75) is 32.6 Å². The first kappa shape index (κ1) is 10.8. The Kier molecular flexibility index (Phi) is 2.48. The molecule has 2 heteroatoms. The summed E-state index contributed by atoms with van der Waals surface area (Å²) in [7, 11) is 0. The van der Waals surface area contributed by atoms with E-state index in [1.807, 2.05) is 0 Å². The molecule has 17 heavy (non-hydrogen) atoms. The molecule has 1 aromatic heterocycles. The summed E-state index contributed by atoms with van der Waals surface area (Å²) in [5, 5.41) is 4.68.